The topological polar surface area (TPSA) is 49.3 Å². The van der Waals surface area contributed by atoms with Crippen LogP contribution in [-0.2, 0) is 11.2 Å². The van der Waals surface area contributed by atoms with Gasteiger partial charge in [0.15, 0.2) is 0 Å². The zero-order chi connectivity index (χ0) is 13.2. The molecule has 0 bridgehead atoms. The monoisotopic (exact) mass is 260 g/mol. The second-order valence-electron chi connectivity index (χ2n) is 5.29. The van der Waals surface area contributed by atoms with Gasteiger partial charge in [0.1, 0.15) is 5.82 Å². The Morgan fingerprint density at radius 1 is 1.26 bits per heavy atom. The molecule has 0 unspecified atom stereocenters. The minimum atomic E-state index is 0.155. The van der Waals surface area contributed by atoms with Gasteiger partial charge < -0.3 is 4.90 Å². The molecule has 0 N–H and O–H groups in total. The second-order valence-corrected chi connectivity index (χ2v) is 5.29. The molecule has 5 heteroatoms. The van der Waals surface area contributed by atoms with E-state index in [2.05, 4.69) is 21.8 Å². The predicted octanol–water partition coefficient (Wildman–Crippen LogP) is 1.77. The number of aromatic nitrogens is 2. The summed E-state index contributed by atoms with van der Waals surface area (Å²) in [5, 5.41) is 0. The van der Waals surface area contributed by atoms with E-state index in [0.29, 0.717) is 6.42 Å². The van der Waals surface area contributed by atoms with Gasteiger partial charge in [-0.1, -0.05) is 6.92 Å². The fourth-order valence-corrected chi connectivity index (χ4v) is 2.82. The fourth-order valence-electron chi connectivity index (χ4n) is 2.82. The fraction of sp³-hybridized carbons (Fsp3) is 0.643. The van der Waals surface area contributed by atoms with Crippen molar-refractivity contribution in [2.24, 2.45) is 0 Å². The van der Waals surface area contributed by atoms with Crippen LogP contribution in [0.1, 0.15) is 38.2 Å². The summed E-state index contributed by atoms with van der Waals surface area (Å²) in [6, 6.07) is 0. The number of piperidine rings is 1. The molecule has 0 atom stereocenters. The van der Waals surface area contributed by atoms with Gasteiger partial charge in [-0.3, -0.25) is 9.69 Å². The predicted molar refractivity (Wildman–Crippen MR) is 74.4 cm³/mol. The molecule has 0 aliphatic carbocycles. The molecule has 3 heterocycles. The van der Waals surface area contributed by atoms with Crippen molar-refractivity contribution in [1.29, 1.82) is 0 Å². The van der Waals surface area contributed by atoms with Gasteiger partial charge in [0.05, 0.1) is 6.42 Å². The summed E-state index contributed by atoms with van der Waals surface area (Å²) in [7, 11) is 0. The number of anilines is 2. The first-order valence-corrected chi connectivity index (χ1v) is 7.21. The lowest BCUT2D eigenvalue weighted by molar-refractivity contribution is -0.117. The van der Waals surface area contributed by atoms with Gasteiger partial charge >= 0.3 is 0 Å². The van der Waals surface area contributed by atoms with Crippen LogP contribution < -0.4 is 9.80 Å². The molecule has 0 radical (unpaired) electrons. The third kappa shape index (κ3) is 2.29. The molecule has 0 aromatic carbocycles. The summed E-state index contributed by atoms with van der Waals surface area (Å²) in [5.74, 6) is 1.78. The molecule has 1 saturated heterocycles. The maximum absolute atomic E-state index is 12.0. The van der Waals surface area contributed by atoms with Crippen LogP contribution in [0.15, 0.2) is 6.20 Å². The van der Waals surface area contributed by atoms with Crippen molar-refractivity contribution in [2.75, 3.05) is 29.4 Å². The van der Waals surface area contributed by atoms with Crippen molar-refractivity contribution >= 4 is 17.7 Å². The van der Waals surface area contributed by atoms with E-state index in [-0.39, 0.29) is 5.91 Å². The number of carbonyl (C=O) groups is 1. The lowest BCUT2D eigenvalue weighted by atomic mass is 10.1. The van der Waals surface area contributed by atoms with Gasteiger partial charge in [-0.2, -0.15) is 4.98 Å². The highest BCUT2D eigenvalue weighted by Crippen LogP contribution is 2.28. The second kappa shape index (κ2) is 5.15. The first kappa shape index (κ1) is 12.4. The number of carbonyl (C=O) groups excluding carboxylic acids is 1. The molecule has 2 aliphatic heterocycles. The SMILES string of the molecule is CCCN1C(=O)Cc2cnc(N3CCCCC3)nc21. The van der Waals surface area contributed by atoms with Crippen molar-refractivity contribution < 1.29 is 4.79 Å². The lowest BCUT2D eigenvalue weighted by Crippen LogP contribution is -2.32. The smallest absolute Gasteiger partial charge is 0.232 e. The van der Waals surface area contributed by atoms with E-state index in [9.17, 15) is 4.79 Å². The van der Waals surface area contributed by atoms with Gasteiger partial charge in [0, 0.05) is 31.4 Å². The van der Waals surface area contributed by atoms with Gasteiger partial charge in [0.2, 0.25) is 11.9 Å². The van der Waals surface area contributed by atoms with Gasteiger partial charge in [-0.25, -0.2) is 4.98 Å². The van der Waals surface area contributed by atoms with Gasteiger partial charge in [0.25, 0.3) is 0 Å². The minimum Gasteiger partial charge on any atom is -0.341 e. The lowest BCUT2D eigenvalue weighted by Gasteiger charge is -2.27. The van der Waals surface area contributed by atoms with Crippen molar-refractivity contribution in [3.05, 3.63) is 11.8 Å². The Balaban J connectivity index is 1.88. The van der Waals surface area contributed by atoms with E-state index in [0.717, 1.165) is 43.4 Å². The van der Waals surface area contributed by atoms with E-state index in [1.165, 1.54) is 19.3 Å². The molecular weight excluding hydrogens is 240 g/mol. The van der Waals surface area contributed by atoms with E-state index in [1.54, 1.807) is 0 Å². The number of fused-ring (bicyclic) bond motifs is 1. The molecular formula is C14H20N4O. The summed E-state index contributed by atoms with van der Waals surface area (Å²) >= 11 is 0. The van der Waals surface area contributed by atoms with Crippen LogP contribution in [0.3, 0.4) is 0 Å². The molecule has 0 saturated carbocycles. The molecule has 3 rings (SSSR count). The molecule has 19 heavy (non-hydrogen) atoms. The molecule has 102 valence electrons. The Kier molecular flexibility index (Phi) is 3.36. The first-order chi connectivity index (χ1) is 9.29. The van der Waals surface area contributed by atoms with Crippen LogP contribution in [-0.4, -0.2) is 35.5 Å². The quantitative estimate of drug-likeness (QED) is 0.831. The average molecular weight is 260 g/mol. The van der Waals surface area contributed by atoms with E-state index in [4.69, 9.17) is 0 Å². The molecule has 1 aromatic rings. The molecule has 1 amide bonds. The maximum atomic E-state index is 12.0. The van der Waals surface area contributed by atoms with E-state index < -0.39 is 0 Å². The first-order valence-electron chi connectivity index (χ1n) is 7.21. The van der Waals surface area contributed by atoms with Gasteiger partial charge in [-0.15, -0.1) is 0 Å². The van der Waals surface area contributed by atoms with E-state index >= 15 is 0 Å². The standard InChI is InChI=1S/C14H20N4O/c1-2-6-18-12(19)9-11-10-15-14(16-13(11)18)17-7-4-3-5-8-17/h10H,2-9H2,1H3. The van der Waals surface area contributed by atoms with Crippen LogP contribution in [0.4, 0.5) is 11.8 Å². The zero-order valence-electron chi connectivity index (χ0n) is 11.4. The van der Waals surface area contributed by atoms with E-state index in [1.807, 2.05) is 11.1 Å². The normalized spacial score (nSPS) is 18.9. The summed E-state index contributed by atoms with van der Waals surface area (Å²) < 4.78 is 0. The Labute approximate surface area is 113 Å². The molecule has 5 nitrogen and oxygen atoms in total. The third-order valence-corrected chi connectivity index (χ3v) is 3.81. The summed E-state index contributed by atoms with van der Waals surface area (Å²) in [5.41, 5.74) is 0.971. The van der Waals surface area contributed by atoms with Crippen molar-refractivity contribution in [3.63, 3.8) is 0 Å². The number of hydrogen-bond donors (Lipinski definition) is 0. The van der Waals surface area contributed by atoms with Gasteiger partial charge in [-0.05, 0) is 25.7 Å². The Bertz CT molecular complexity index is 482. The summed E-state index contributed by atoms with van der Waals surface area (Å²) in [6.45, 7) is 4.89. The highest BCUT2D eigenvalue weighted by molar-refractivity contribution is 6.00. The van der Waals surface area contributed by atoms with Crippen LogP contribution in [0.25, 0.3) is 0 Å². The molecule has 0 spiro atoms. The zero-order valence-corrected chi connectivity index (χ0v) is 11.4. The van der Waals surface area contributed by atoms with Crippen LogP contribution >= 0.6 is 0 Å². The molecule has 2 aliphatic rings. The van der Waals surface area contributed by atoms with Crippen molar-refractivity contribution in [2.45, 2.75) is 39.0 Å². The highest BCUT2D eigenvalue weighted by Gasteiger charge is 2.29. The van der Waals surface area contributed by atoms with Crippen LogP contribution in [0.2, 0.25) is 0 Å². The number of amides is 1. The Morgan fingerprint density at radius 2 is 2.05 bits per heavy atom. The van der Waals surface area contributed by atoms with Crippen LogP contribution in [0, 0.1) is 0 Å². The third-order valence-electron chi connectivity index (χ3n) is 3.81. The average Bonchev–Trinajstić information content (AvgIpc) is 2.76. The maximum Gasteiger partial charge on any atom is 0.232 e. The number of hydrogen-bond acceptors (Lipinski definition) is 4. The molecule has 1 fully saturated rings. The minimum absolute atomic E-state index is 0.155. The highest BCUT2D eigenvalue weighted by atomic mass is 16.2. The summed E-state index contributed by atoms with van der Waals surface area (Å²) in [4.78, 5) is 25.1. The van der Waals surface area contributed by atoms with Crippen LogP contribution in [0.5, 0.6) is 0 Å². The number of rotatable bonds is 3. The number of nitrogens with zero attached hydrogens (tertiary/aromatic N) is 4. The summed E-state index contributed by atoms with van der Waals surface area (Å²) in [6.07, 6.45) is 6.95. The largest absolute Gasteiger partial charge is 0.341 e. The van der Waals surface area contributed by atoms with Crippen molar-refractivity contribution in [1.82, 2.24) is 9.97 Å². The molecule has 1 aromatic heterocycles. The van der Waals surface area contributed by atoms with Crippen molar-refractivity contribution in [3.8, 4) is 0 Å². The Hall–Kier alpha value is -1.65. The Morgan fingerprint density at radius 3 is 2.79 bits per heavy atom.